The van der Waals surface area contributed by atoms with Crippen LogP contribution in [-0.2, 0) is 9.59 Å². The van der Waals surface area contributed by atoms with Gasteiger partial charge in [-0.2, -0.15) is 0 Å². The van der Waals surface area contributed by atoms with Gasteiger partial charge in [0.15, 0.2) is 0 Å². The van der Waals surface area contributed by atoms with E-state index in [-0.39, 0.29) is 0 Å². The van der Waals surface area contributed by atoms with Crippen molar-refractivity contribution in [1.29, 1.82) is 0 Å². The monoisotopic (exact) mass is 290 g/mol. The minimum Gasteiger partial charge on any atom is -0.299 e. The lowest BCUT2D eigenvalue weighted by molar-refractivity contribution is -0.119. The van der Waals surface area contributed by atoms with E-state index in [0.717, 1.165) is 19.3 Å². The van der Waals surface area contributed by atoms with E-state index in [0.29, 0.717) is 49.1 Å². The Bertz CT molecular complexity index is 385. The van der Waals surface area contributed by atoms with Crippen LogP contribution in [0.25, 0.3) is 0 Å². The first-order valence-corrected chi connectivity index (χ1v) is 8.26. The maximum Gasteiger partial charge on any atom is 0.136 e. The van der Waals surface area contributed by atoms with Crippen LogP contribution < -0.4 is 0 Å². The maximum absolute atomic E-state index is 11.7. The minimum atomic E-state index is 0.335. The van der Waals surface area contributed by atoms with Crippen LogP contribution in [0, 0.1) is 11.8 Å². The average molecular weight is 290 g/mol. The summed E-state index contributed by atoms with van der Waals surface area (Å²) in [6.45, 7) is 8.32. The molecule has 0 heterocycles. The van der Waals surface area contributed by atoms with Gasteiger partial charge in [0, 0.05) is 25.7 Å². The predicted octanol–water partition coefficient (Wildman–Crippen LogP) is 5.03. The molecule has 118 valence electrons. The number of Topliss-reactive ketones (excluding diaryl/α,β-unsaturated/α-hetero) is 2. The summed E-state index contributed by atoms with van der Waals surface area (Å²) in [4.78, 5) is 23.4. The van der Waals surface area contributed by atoms with Crippen molar-refractivity contribution >= 4 is 11.6 Å². The van der Waals surface area contributed by atoms with Crippen LogP contribution in [-0.4, -0.2) is 11.6 Å². The molecule has 0 atom stereocenters. The van der Waals surface area contributed by atoms with Crippen LogP contribution in [0.5, 0.6) is 0 Å². The maximum atomic E-state index is 11.7. The summed E-state index contributed by atoms with van der Waals surface area (Å²) in [5.74, 6) is 1.56. The molecule has 2 nitrogen and oxygen atoms in total. The van der Waals surface area contributed by atoms with Gasteiger partial charge in [0.25, 0.3) is 0 Å². The number of hydrogen-bond donors (Lipinski definition) is 0. The molecule has 2 heteroatoms. The topological polar surface area (TPSA) is 34.1 Å². The Morgan fingerprint density at radius 2 is 1.24 bits per heavy atom. The largest absolute Gasteiger partial charge is 0.299 e. The molecule has 0 bridgehead atoms. The molecule has 1 aliphatic rings. The lowest BCUT2D eigenvalue weighted by atomic mass is 10.0. The predicted molar refractivity (Wildman–Crippen MR) is 88.2 cm³/mol. The van der Waals surface area contributed by atoms with Crippen molar-refractivity contribution in [1.82, 2.24) is 0 Å². The van der Waals surface area contributed by atoms with Gasteiger partial charge < -0.3 is 0 Å². The summed E-state index contributed by atoms with van der Waals surface area (Å²) in [5, 5.41) is 0. The van der Waals surface area contributed by atoms with Crippen molar-refractivity contribution in [2.24, 2.45) is 11.8 Å². The molecule has 0 unspecified atom stereocenters. The van der Waals surface area contributed by atoms with E-state index in [1.807, 2.05) is 0 Å². The number of rotatable bonds is 8. The molecule has 1 fully saturated rings. The zero-order chi connectivity index (χ0) is 15.8. The summed E-state index contributed by atoms with van der Waals surface area (Å²) in [6.07, 6.45) is 9.80. The van der Waals surface area contributed by atoms with Gasteiger partial charge >= 0.3 is 0 Å². The molecule has 0 saturated heterocycles. The first kappa shape index (κ1) is 17.9. The fourth-order valence-electron chi connectivity index (χ4n) is 2.73. The van der Waals surface area contributed by atoms with Crippen molar-refractivity contribution in [2.45, 2.75) is 72.6 Å². The van der Waals surface area contributed by atoms with Gasteiger partial charge in [-0.1, -0.05) is 51.0 Å². The molecule has 0 aromatic heterocycles. The van der Waals surface area contributed by atoms with Gasteiger partial charge in [0.2, 0.25) is 0 Å². The van der Waals surface area contributed by atoms with Gasteiger partial charge in [-0.3, -0.25) is 9.59 Å². The molecule has 0 radical (unpaired) electrons. The number of ketones is 2. The van der Waals surface area contributed by atoms with Crippen molar-refractivity contribution < 1.29 is 9.59 Å². The van der Waals surface area contributed by atoms with Crippen LogP contribution in [0.1, 0.15) is 72.6 Å². The van der Waals surface area contributed by atoms with E-state index < -0.39 is 0 Å². The van der Waals surface area contributed by atoms with Gasteiger partial charge in [-0.15, -0.1) is 0 Å². The SMILES string of the molecule is CC(C)CC(=O)CC=C1CCC(=CCC(=O)CC(C)C)C1. The molecule has 0 aliphatic heterocycles. The van der Waals surface area contributed by atoms with Crippen molar-refractivity contribution in [3.05, 3.63) is 23.3 Å². The highest BCUT2D eigenvalue weighted by molar-refractivity contribution is 5.80. The Hall–Kier alpha value is -1.18. The summed E-state index contributed by atoms with van der Waals surface area (Å²) < 4.78 is 0. The van der Waals surface area contributed by atoms with Crippen LogP contribution in [0.15, 0.2) is 23.3 Å². The van der Waals surface area contributed by atoms with Crippen LogP contribution in [0.4, 0.5) is 0 Å². The van der Waals surface area contributed by atoms with E-state index in [1.165, 1.54) is 11.1 Å². The lowest BCUT2D eigenvalue weighted by Crippen LogP contribution is -2.01. The first-order chi connectivity index (χ1) is 9.86. The van der Waals surface area contributed by atoms with Crippen molar-refractivity contribution in [3.63, 3.8) is 0 Å². The molecule has 1 rings (SSSR count). The molecule has 1 aliphatic carbocycles. The van der Waals surface area contributed by atoms with Gasteiger partial charge in [-0.05, 0) is 31.1 Å². The molecule has 0 aromatic rings. The molecular weight excluding hydrogens is 260 g/mol. The number of hydrogen-bond acceptors (Lipinski definition) is 2. The van der Waals surface area contributed by atoms with Crippen LogP contribution >= 0.6 is 0 Å². The number of allylic oxidation sites excluding steroid dienone is 4. The molecule has 0 aromatic carbocycles. The smallest absolute Gasteiger partial charge is 0.136 e. The summed E-state index contributed by atoms with van der Waals surface area (Å²) in [5.41, 5.74) is 2.74. The third kappa shape index (κ3) is 7.99. The second kappa shape index (κ2) is 8.96. The highest BCUT2D eigenvalue weighted by Crippen LogP contribution is 2.30. The Balaban J connectivity index is 2.37. The lowest BCUT2D eigenvalue weighted by Gasteiger charge is -2.02. The molecule has 0 spiro atoms. The molecule has 0 N–H and O–H groups in total. The van der Waals surface area contributed by atoms with Gasteiger partial charge in [0.05, 0.1) is 0 Å². The zero-order valence-corrected chi connectivity index (χ0v) is 14.1. The summed E-state index contributed by atoms with van der Waals surface area (Å²) in [7, 11) is 0. The fraction of sp³-hybridized carbons (Fsp3) is 0.684. The second-order valence-corrected chi connectivity index (χ2v) is 7.08. The molecule has 1 saturated carbocycles. The third-order valence-corrected chi connectivity index (χ3v) is 3.73. The Morgan fingerprint density at radius 3 is 1.57 bits per heavy atom. The Labute approximate surface area is 129 Å². The van der Waals surface area contributed by atoms with E-state index in [4.69, 9.17) is 0 Å². The summed E-state index contributed by atoms with van der Waals surface area (Å²) >= 11 is 0. The molecule has 0 amide bonds. The van der Waals surface area contributed by atoms with E-state index in [1.54, 1.807) is 0 Å². The van der Waals surface area contributed by atoms with Gasteiger partial charge in [-0.25, -0.2) is 0 Å². The second-order valence-electron chi connectivity index (χ2n) is 7.08. The average Bonchev–Trinajstić information content (AvgIpc) is 2.80. The number of carbonyl (C=O) groups excluding carboxylic acids is 2. The summed E-state index contributed by atoms with van der Waals surface area (Å²) in [6, 6.07) is 0. The van der Waals surface area contributed by atoms with Crippen molar-refractivity contribution in [2.75, 3.05) is 0 Å². The van der Waals surface area contributed by atoms with Crippen LogP contribution in [0.2, 0.25) is 0 Å². The van der Waals surface area contributed by atoms with E-state index in [2.05, 4.69) is 39.8 Å². The highest BCUT2D eigenvalue weighted by Gasteiger charge is 2.13. The molecular formula is C19H30O2. The minimum absolute atomic E-state index is 0.335. The van der Waals surface area contributed by atoms with Gasteiger partial charge in [0.1, 0.15) is 11.6 Å². The first-order valence-electron chi connectivity index (χ1n) is 8.26. The van der Waals surface area contributed by atoms with E-state index in [9.17, 15) is 9.59 Å². The Kier molecular flexibility index (Phi) is 7.63. The van der Waals surface area contributed by atoms with Crippen molar-refractivity contribution in [3.8, 4) is 0 Å². The normalized spacial score (nSPS) is 19.1. The van der Waals surface area contributed by atoms with E-state index >= 15 is 0 Å². The fourth-order valence-corrected chi connectivity index (χ4v) is 2.73. The van der Waals surface area contributed by atoms with Crippen LogP contribution in [0.3, 0.4) is 0 Å². The number of carbonyl (C=O) groups is 2. The standard InChI is InChI=1S/C19H30O2/c1-14(2)11-18(20)9-7-16-5-6-17(13-16)8-10-19(21)12-15(3)4/h7-8,14-15H,5-6,9-13H2,1-4H3. The Morgan fingerprint density at radius 1 is 0.857 bits per heavy atom. The zero-order valence-electron chi connectivity index (χ0n) is 14.1. The third-order valence-electron chi connectivity index (χ3n) is 3.73. The quantitative estimate of drug-likeness (QED) is 0.587. The molecule has 21 heavy (non-hydrogen) atoms. The highest BCUT2D eigenvalue weighted by atomic mass is 16.1.